The number of pyridine rings is 1. The van der Waals surface area contributed by atoms with Gasteiger partial charge in [0, 0.05) is 35.3 Å². The number of hydrogen-bond acceptors (Lipinski definition) is 5. The van der Waals surface area contributed by atoms with Crippen molar-refractivity contribution < 1.29 is 5.11 Å². The fraction of sp³-hybridized carbons (Fsp3) is 0.667. The smallest absolute Gasteiger partial charge is 0.0576 e. The summed E-state index contributed by atoms with van der Waals surface area (Å²) in [5, 5.41) is 13.4. The number of thioether (sulfide) groups is 2. The van der Waals surface area contributed by atoms with Crippen molar-refractivity contribution >= 4 is 23.5 Å². The highest BCUT2D eigenvalue weighted by molar-refractivity contribution is 8.03. The van der Waals surface area contributed by atoms with Crippen molar-refractivity contribution in [2.45, 2.75) is 31.0 Å². The van der Waals surface area contributed by atoms with Crippen LogP contribution in [0.15, 0.2) is 24.4 Å². The Morgan fingerprint density at radius 2 is 1.95 bits per heavy atom. The molecule has 1 aliphatic heterocycles. The number of aromatic nitrogens is 1. The van der Waals surface area contributed by atoms with Gasteiger partial charge in [0.1, 0.15) is 0 Å². The third-order valence-corrected chi connectivity index (χ3v) is 6.57. The Labute approximate surface area is 129 Å². The number of nitrogens with zero attached hydrogens (tertiary/aromatic N) is 1. The fourth-order valence-corrected chi connectivity index (χ4v) is 5.31. The summed E-state index contributed by atoms with van der Waals surface area (Å²) in [5.41, 5.74) is 1.13. The molecule has 0 radical (unpaired) electrons. The first-order valence-electron chi connectivity index (χ1n) is 7.33. The Morgan fingerprint density at radius 1 is 1.20 bits per heavy atom. The molecule has 1 aliphatic carbocycles. The zero-order valence-electron chi connectivity index (χ0n) is 11.6. The van der Waals surface area contributed by atoms with E-state index in [1.807, 2.05) is 35.8 Å². The molecule has 2 aliphatic rings. The van der Waals surface area contributed by atoms with Crippen LogP contribution in [0, 0.1) is 5.92 Å². The molecule has 3 nitrogen and oxygen atoms in total. The lowest BCUT2D eigenvalue weighted by Gasteiger charge is -2.39. The molecule has 2 fully saturated rings. The lowest BCUT2D eigenvalue weighted by molar-refractivity contribution is 0.0220. The highest BCUT2D eigenvalue weighted by atomic mass is 32.2. The van der Waals surface area contributed by atoms with E-state index in [1.165, 1.54) is 23.0 Å². The zero-order chi connectivity index (χ0) is 13.8. The van der Waals surface area contributed by atoms with E-state index in [2.05, 4.69) is 22.4 Å². The van der Waals surface area contributed by atoms with Gasteiger partial charge in [-0.05, 0) is 30.9 Å². The van der Waals surface area contributed by atoms with Gasteiger partial charge in [0.2, 0.25) is 0 Å². The van der Waals surface area contributed by atoms with E-state index >= 15 is 0 Å². The van der Waals surface area contributed by atoms with Crippen molar-refractivity contribution in [2.75, 3.05) is 23.0 Å². The topological polar surface area (TPSA) is 45.1 Å². The van der Waals surface area contributed by atoms with Crippen LogP contribution >= 0.6 is 23.5 Å². The van der Waals surface area contributed by atoms with Crippen LogP contribution in [-0.4, -0.2) is 45.2 Å². The molecule has 0 amide bonds. The normalized spacial score (nSPS) is 29.4. The van der Waals surface area contributed by atoms with Gasteiger partial charge >= 0.3 is 0 Å². The molecule has 3 rings (SSSR count). The summed E-state index contributed by atoms with van der Waals surface area (Å²) in [4.78, 5) is 4.54. The first kappa shape index (κ1) is 14.7. The van der Waals surface area contributed by atoms with E-state index in [1.54, 1.807) is 0 Å². The van der Waals surface area contributed by atoms with Crippen LogP contribution in [-0.2, 0) is 0 Å². The lowest BCUT2D eigenvalue weighted by atomic mass is 9.76. The highest BCUT2D eigenvalue weighted by Gasteiger charge is 2.36. The minimum atomic E-state index is -0.106. The van der Waals surface area contributed by atoms with E-state index in [4.69, 9.17) is 0 Å². The summed E-state index contributed by atoms with van der Waals surface area (Å²) in [6.45, 7) is 0. The molecule has 1 saturated heterocycles. The second kappa shape index (κ2) is 7.16. The Hall–Kier alpha value is -0.230. The average molecular weight is 310 g/mol. The standard InChI is InChI=1S/C15H22N2OS2/c18-13-7-11(8-13)15(14-3-1-2-4-16-14)17-12-9-19-5-6-20-10-12/h1-4,11-13,15,17-18H,5-10H2/t11?,13?,15-/m1/s1. The van der Waals surface area contributed by atoms with Crippen molar-refractivity contribution in [1.82, 2.24) is 10.3 Å². The van der Waals surface area contributed by atoms with Crippen LogP contribution in [0.3, 0.4) is 0 Å². The molecule has 110 valence electrons. The molecule has 1 aromatic heterocycles. The molecule has 0 aromatic carbocycles. The largest absolute Gasteiger partial charge is 0.393 e. The molecule has 2 heterocycles. The summed E-state index contributed by atoms with van der Waals surface area (Å²) in [6, 6.07) is 6.98. The second-order valence-electron chi connectivity index (χ2n) is 5.63. The van der Waals surface area contributed by atoms with Gasteiger partial charge in [-0.1, -0.05) is 6.07 Å². The van der Waals surface area contributed by atoms with Gasteiger partial charge in [0.25, 0.3) is 0 Å². The van der Waals surface area contributed by atoms with Gasteiger partial charge in [0.05, 0.1) is 17.8 Å². The third kappa shape index (κ3) is 3.70. The molecule has 1 saturated carbocycles. The molecule has 20 heavy (non-hydrogen) atoms. The molecular formula is C15H22N2OS2. The molecule has 1 aromatic rings. The molecule has 5 heteroatoms. The average Bonchev–Trinajstić information content (AvgIpc) is 2.71. The summed E-state index contributed by atoms with van der Waals surface area (Å²) >= 11 is 4.09. The Morgan fingerprint density at radius 3 is 2.55 bits per heavy atom. The van der Waals surface area contributed by atoms with Gasteiger partial charge in [-0.2, -0.15) is 23.5 Å². The van der Waals surface area contributed by atoms with Crippen molar-refractivity contribution in [3.05, 3.63) is 30.1 Å². The van der Waals surface area contributed by atoms with Crippen LogP contribution in [0.1, 0.15) is 24.6 Å². The van der Waals surface area contributed by atoms with E-state index < -0.39 is 0 Å². The van der Waals surface area contributed by atoms with Gasteiger partial charge in [0.15, 0.2) is 0 Å². The highest BCUT2D eigenvalue weighted by Crippen LogP contribution is 2.38. The molecule has 0 unspecified atom stereocenters. The SMILES string of the molecule is OC1CC([C@@H](NC2CSCCSC2)c2ccccn2)C1. The molecular weight excluding hydrogens is 288 g/mol. The number of nitrogens with one attached hydrogen (secondary N) is 1. The summed E-state index contributed by atoms with van der Waals surface area (Å²) in [5.74, 6) is 5.42. The quantitative estimate of drug-likeness (QED) is 0.894. The van der Waals surface area contributed by atoms with Gasteiger partial charge in [-0.15, -0.1) is 0 Å². The van der Waals surface area contributed by atoms with E-state index in [-0.39, 0.29) is 6.10 Å². The fourth-order valence-electron chi connectivity index (χ4n) is 2.89. The second-order valence-corrected chi connectivity index (χ2v) is 7.93. The van der Waals surface area contributed by atoms with Crippen molar-refractivity contribution in [3.8, 4) is 0 Å². The monoisotopic (exact) mass is 310 g/mol. The van der Waals surface area contributed by atoms with Crippen molar-refractivity contribution in [1.29, 1.82) is 0 Å². The number of aliphatic hydroxyl groups excluding tert-OH is 1. The van der Waals surface area contributed by atoms with Gasteiger partial charge in [-0.25, -0.2) is 0 Å². The molecule has 0 bridgehead atoms. The first-order chi connectivity index (χ1) is 9.83. The van der Waals surface area contributed by atoms with Crippen LogP contribution in [0.2, 0.25) is 0 Å². The lowest BCUT2D eigenvalue weighted by Crippen LogP contribution is -2.45. The Balaban J connectivity index is 1.68. The van der Waals surface area contributed by atoms with Crippen LogP contribution in [0.25, 0.3) is 0 Å². The predicted octanol–water partition coefficient (Wildman–Crippen LogP) is 2.33. The maximum absolute atomic E-state index is 9.61. The molecule has 2 N–H and O–H groups in total. The van der Waals surface area contributed by atoms with Crippen molar-refractivity contribution in [3.63, 3.8) is 0 Å². The predicted molar refractivity (Wildman–Crippen MR) is 87.3 cm³/mol. The van der Waals surface area contributed by atoms with Crippen LogP contribution in [0.5, 0.6) is 0 Å². The summed E-state index contributed by atoms with van der Waals surface area (Å²) < 4.78 is 0. The van der Waals surface area contributed by atoms with Gasteiger partial charge < -0.3 is 10.4 Å². The minimum absolute atomic E-state index is 0.106. The number of aliphatic hydroxyl groups is 1. The van der Waals surface area contributed by atoms with Crippen LogP contribution in [0.4, 0.5) is 0 Å². The van der Waals surface area contributed by atoms with Gasteiger partial charge in [-0.3, -0.25) is 4.98 Å². The summed E-state index contributed by atoms with van der Waals surface area (Å²) in [6.07, 6.45) is 3.57. The third-order valence-electron chi connectivity index (χ3n) is 4.05. The molecule has 0 spiro atoms. The Bertz CT molecular complexity index is 404. The first-order valence-corrected chi connectivity index (χ1v) is 9.64. The minimum Gasteiger partial charge on any atom is -0.393 e. The maximum atomic E-state index is 9.61. The zero-order valence-corrected chi connectivity index (χ0v) is 13.2. The van der Waals surface area contributed by atoms with E-state index in [0.29, 0.717) is 18.0 Å². The van der Waals surface area contributed by atoms with Crippen molar-refractivity contribution in [2.24, 2.45) is 5.92 Å². The summed E-state index contributed by atoms with van der Waals surface area (Å²) in [7, 11) is 0. The molecule has 1 atom stereocenters. The maximum Gasteiger partial charge on any atom is 0.0576 e. The van der Waals surface area contributed by atoms with Crippen LogP contribution < -0.4 is 5.32 Å². The van der Waals surface area contributed by atoms with E-state index in [9.17, 15) is 5.11 Å². The number of rotatable bonds is 4. The Kier molecular flexibility index (Phi) is 5.26. The van der Waals surface area contributed by atoms with E-state index in [0.717, 1.165) is 18.5 Å². The number of hydrogen-bond donors (Lipinski definition) is 2.